The van der Waals surface area contributed by atoms with Crippen LogP contribution in [0.1, 0.15) is 64.9 Å². The SMILES string of the molecule is COC1(c2nccc(CNC(C)(C)C)n2)CCC(C)CC1. The van der Waals surface area contributed by atoms with Gasteiger partial charge in [-0.2, -0.15) is 0 Å². The van der Waals surface area contributed by atoms with E-state index in [1.807, 2.05) is 12.3 Å². The minimum atomic E-state index is -0.287. The quantitative estimate of drug-likeness (QED) is 0.923. The third-order valence-corrected chi connectivity index (χ3v) is 4.39. The molecule has 0 aromatic carbocycles. The summed E-state index contributed by atoms with van der Waals surface area (Å²) in [6.07, 6.45) is 6.26. The van der Waals surface area contributed by atoms with E-state index in [0.717, 1.165) is 36.8 Å². The Morgan fingerprint density at radius 3 is 2.57 bits per heavy atom. The van der Waals surface area contributed by atoms with Crippen LogP contribution in [0.2, 0.25) is 0 Å². The fourth-order valence-electron chi connectivity index (χ4n) is 2.82. The number of methoxy groups -OCH3 is 1. The summed E-state index contributed by atoms with van der Waals surface area (Å²) >= 11 is 0. The summed E-state index contributed by atoms with van der Waals surface area (Å²) in [5, 5.41) is 3.47. The summed E-state index contributed by atoms with van der Waals surface area (Å²) in [6, 6.07) is 1.98. The van der Waals surface area contributed by atoms with Crippen molar-refractivity contribution in [2.24, 2.45) is 5.92 Å². The minimum absolute atomic E-state index is 0.0876. The van der Waals surface area contributed by atoms with Gasteiger partial charge in [0.2, 0.25) is 0 Å². The molecule has 1 saturated carbocycles. The van der Waals surface area contributed by atoms with Crippen molar-refractivity contribution in [3.05, 3.63) is 23.8 Å². The second-order valence-electron chi connectivity index (χ2n) is 7.36. The molecule has 21 heavy (non-hydrogen) atoms. The van der Waals surface area contributed by atoms with E-state index in [1.54, 1.807) is 7.11 Å². The van der Waals surface area contributed by atoms with Gasteiger partial charge in [-0.25, -0.2) is 9.97 Å². The first-order chi connectivity index (χ1) is 9.85. The maximum Gasteiger partial charge on any atom is 0.160 e. The van der Waals surface area contributed by atoms with Gasteiger partial charge >= 0.3 is 0 Å². The zero-order valence-corrected chi connectivity index (χ0v) is 14.1. The van der Waals surface area contributed by atoms with Gasteiger partial charge in [0.1, 0.15) is 5.60 Å². The molecule has 0 amide bonds. The lowest BCUT2D eigenvalue weighted by molar-refractivity contribution is -0.0599. The molecule has 0 bridgehead atoms. The summed E-state index contributed by atoms with van der Waals surface area (Å²) in [5.74, 6) is 1.63. The van der Waals surface area contributed by atoms with Gasteiger partial charge in [-0.1, -0.05) is 6.92 Å². The number of aromatic nitrogens is 2. The van der Waals surface area contributed by atoms with Crippen LogP contribution >= 0.6 is 0 Å². The molecule has 1 N–H and O–H groups in total. The molecule has 2 rings (SSSR count). The Balaban J connectivity index is 2.15. The summed E-state index contributed by atoms with van der Waals surface area (Å²) in [7, 11) is 1.79. The molecule has 4 nitrogen and oxygen atoms in total. The second-order valence-corrected chi connectivity index (χ2v) is 7.36. The third kappa shape index (κ3) is 4.24. The van der Waals surface area contributed by atoms with E-state index < -0.39 is 0 Å². The lowest BCUT2D eigenvalue weighted by Gasteiger charge is -2.37. The number of nitrogens with zero attached hydrogens (tertiary/aromatic N) is 2. The zero-order valence-electron chi connectivity index (χ0n) is 14.1. The molecule has 4 heteroatoms. The van der Waals surface area contributed by atoms with Crippen LogP contribution in [-0.2, 0) is 16.9 Å². The first kappa shape index (κ1) is 16.4. The molecule has 0 unspecified atom stereocenters. The van der Waals surface area contributed by atoms with Gasteiger partial charge in [-0.15, -0.1) is 0 Å². The second kappa shape index (κ2) is 6.41. The van der Waals surface area contributed by atoms with Crippen LogP contribution in [0, 0.1) is 5.92 Å². The Morgan fingerprint density at radius 2 is 2.00 bits per heavy atom. The van der Waals surface area contributed by atoms with Crippen LogP contribution in [0.5, 0.6) is 0 Å². The number of hydrogen-bond donors (Lipinski definition) is 1. The third-order valence-electron chi connectivity index (χ3n) is 4.39. The van der Waals surface area contributed by atoms with Gasteiger partial charge in [0.05, 0.1) is 5.69 Å². The van der Waals surface area contributed by atoms with Crippen molar-refractivity contribution in [3.63, 3.8) is 0 Å². The van der Waals surface area contributed by atoms with E-state index in [1.165, 1.54) is 12.8 Å². The Morgan fingerprint density at radius 1 is 1.33 bits per heavy atom. The smallest absolute Gasteiger partial charge is 0.160 e. The Bertz CT molecular complexity index is 459. The molecule has 1 aliphatic carbocycles. The lowest BCUT2D eigenvalue weighted by Crippen LogP contribution is -2.37. The van der Waals surface area contributed by atoms with Gasteiger partial charge in [-0.3, -0.25) is 0 Å². The van der Waals surface area contributed by atoms with E-state index in [2.05, 4.69) is 38.0 Å². The summed E-state index contributed by atoms with van der Waals surface area (Å²) in [4.78, 5) is 9.28. The standard InChI is InChI=1S/C17H29N3O/c1-13-6-9-17(21-5,10-7-13)15-18-11-8-14(20-15)12-19-16(2,3)4/h8,11,13,19H,6-7,9-10,12H2,1-5H3. The monoisotopic (exact) mass is 291 g/mol. The highest BCUT2D eigenvalue weighted by Crippen LogP contribution is 2.40. The molecule has 0 saturated heterocycles. The van der Waals surface area contributed by atoms with Crippen LogP contribution in [0.3, 0.4) is 0 Å². The number of ether oxygens (including phenoxy) is 1. The largest absolute Gasteiger partial charge is 0.370 e. The first-order valence-electron chi connectivity index (χ1n) is 7.97. The summed E-state index contributed by atoms with van der Waals surface area (Å²) in [6.45, 7) is 9.55. The van der Waals surface area contributed by atoms with Gasteiger partial charge in [-0.05, 0) is 58.4 Å². The van der Waals surface area contributed by atoms with Crippen LogP contribution in [0.25, 0.3) is 0 Å². The van der Waals surface area contributed by atoms with Gasteiger partial charge < -0.3 is 10.1 Å². The average molecular weight is 291 g/mol. The van der Waals surface area contributed by atoms with Crippen molar-refractivity contribution < 1.29 is 4.74 Å². The maximum absolute atomic E-state index is 5.87. The van der Waals surface area contributed by atoms with Crippen LogP contribution in [-0.4, -0.2) is 22.6 Å². The topological polar surface area (TPSA) is 47.0 Å². The molecular weight excluding hydrogens is 262 g/mol. The van der Waals surface area contributed by atoms with Crippen LogP contribution < -0.4 is 5.32 Å². The Hall–Kier alpha value is -1.00. The molecule has 118 valence electrons. The van der Waals surface area contributed by atoms with Crippen molar-refractivity contribution in [2.75, 3.05) is 7.11 Å². The van der Waals surface area contributed by atoms with E-state index >= 15 is 0 Å². The highest BCUT2D eigenvalue weighted by Gasteiger charge is 2.38. The molecule has 1 aliphatic rings. The fraction of sp³-hybridized carbons (Fsp3) is 0.765. The Kier molecular flexibility index (Phi) is 4.99. The molecule has 0 spiro atoms. The predicted molar refractivity (Wildman–Crippen MR) is 84.9 cm³/mol. The van der Waals surface area contributed by atoms with E-state index in [0.29, 0.717) is 0 Å². The van der Waals surface area contributed by atoms with E-state index in [-0.39, 0.29) is 11.1 Å². The van der Waals surface area contributed by atoms with Gasteiger partial charge in [0.15, 0.2) is 5.82 Å². The Labute approximate surface area is 128 Å². The van der Waals surface area contributed by atoms with Crippen molar-refractivity contribution in [1.29, 1.82) is 0 Å². The average Bonchev–Trinajstić information content (AvgIpc) is 2.46. The molecular formula is C17H29N3O. The fourth-order valence-corrected chi connectivity index (χ4v) is 2.82. The van der Waals surface area contributed by atoms with E-state index in [4.69, 9.17) is 9.72 Å². The molecule has 1 aromatic rings. The molecule has 0 radical (unpaired) electrons. The molecule has 1 fully saturated rings. The maximum atomic E-state index is 5.87. The number of rotatable bonds is 4. The highest BCUT2D eigenvalue weighted by atomic mass is 16.5. The number of hydrogen-bond acceptors (Lipinski definition) is 4. The van der Waals surface area contributed by atoms with E-state index in [9.17, 15) is 0 Å². The molecule has 1 aromatic heterocycles. The zero-order chi connectivity index (χ0) is 15.5. The summed E-state index contributed by atoms with van der Waals surface area (Å²) in [5.41, 5.74) is 0.833. The number of nitrogens with one attached hydrogen (secondary N) is 1. The van der Waals surface area contributed by atoms with Crippen molar-refractivity contribution >= 4 is 0 Å². The predicted octanol–water partition coefficient (Wildman–Crippen LogP) is 3.42. The van der Waals surface area contributed by atoms with Crippen LogP contribution in [0.15, 0.2) is 12.3 Å². The van der Waals surface area contributed by atoms with Crippen molar-refractivity contribution in [3.8, 4) is 0 Å². The normalized spacial score (nSPS) is 26.8. The van der Waals surface area contributed by atoms with Crippen molar-refractivity contribution in [1.82, 2.24) is 15.3 Å². The summed E-state index contributed by atoms with van der Waals surface area (Å²) < 4.78 is 5.87. The van der Waals surface area contributed by atoms with Crippen molar-refractivity contribution in [2.45, 2.75) is 71.1 Å². The molecule has 0 aliphatic heterocycles. The van der Waals surface area contributed by atoms with Crippen LogP contribution in [0.4, 0.5) is 0 Å². The lowest BCUT2D eigenvalue weighted by atomic mass is 9.79. The molecule has 1 heterocycles. The van der Waals surface area contributed by atoms with Gasteiger partial charge in [0, 0.05) is 25.4 Å². The minimum Gasteiger partial charge on any atom is -0.370 e. The van der Waals surface area contributed by atoms with Gasteiger partial charge in [0.25, 0.3) is 0 Å². The molecule has 0 atom stereocenters. The first-order valence-corrected chi connectivity index (χ1v) is 7.97. The highest BCUT2D eigenvalue weighted by molar-refractivity contribution is 5.10.